The number of hydrogen-bond donors (Lipinski definition) is 2. The molecule has 0 radical (unpaired) electrons. The van der Waals surface area contributed by atoms with Crippen LogP contribution in [-0.2, 0) is 6.42 Å². The third-order valence-electron chi connectivity index (χ3n) is 7.04. The van der Waals surface area contributed by atoms with Crippen LogP contribution in [0, 0.1) is 12.8 Å². The molecular formula is C24H28N4O3. The molecule has 1 aliphatic carbocycles. The number of carbonyl (C=O) groups excluding carboxylic acids is 2. The molecule has 3 heterocycles. The molecule has 2 fully saturated rings. The molecule has 1 saturated heterocycles. The number of rotatable bonds is 4. The van der Waals surface area contributed by atoms with Crippen LogP contribution in [0.5, 0.6) is 5.75 Å². The number of ether oxygens (including phenoxy) is 1. The van der Waals surface area contributed by atoms with Gasteiger partial charge in [-0.1, -0.05) is 6.07 Å². The standard InChI is InChI=1S/C24H28N4O3/c1-14-19(6-4-15-8-10-31-22(14)15)24(30)27-18-11-16-3-2-9-28(20(16)12-18)21-7-5-17(13-26-21)23(25)29/h4-7,13,16,18,20H,2-3,8-12H2,1H3,(H2,25,29)(H,27,30). The number of fused-ring (bicyclic) bond motifs is 2. The fourth-order valence-corrected chi connectivity index (χ4v) is 5.51. The number of pyridine rings is 1. The highest BCUT2D eigenvalue weighted by Gasteiger charge is 2.41. The summed E-state index contributed by atoms with van der Waals surface area (Å²) in [4.78, 5) is 31.2. The number of carbonyl (C=O) groups is 2. The Morgan fingerprint density at radius 2 is 2.10 bits per heavy atom. The van der Waals surface area contributed by atoms with Gasteiger partial charge in [0.25, 0.3) is 5.91 Å². The Balaban J connectivity index is 1.29. The Hall–Kier alpha value is -3.09. The van der Waals surface area contributed by atoms with E-state index in [0.717, 1.165) is 49.4 Å². The van der Waals surface area contributed by atoms with Gasteiger partial charge in [-0.15, -0.1) is 0 Å². The van der Waals surface area contributed by atoms with Crippen LogP contribution < -0.4 is 20.7 Å². The molecule has 2 aromatic rings. The minimum absolute atomic E-state index is 0.0186. The molecule has 1 aromatic heterocycles. The van der Waals surface area contributed by atoms with E-state index in [-0.39, 0.29) is 11.9 Å². The second kappa shape index (κ2) is 7.87. The number of nitrogens with zero attached hydrogens (tertiary/aromatic N) is 2. The number of hydrogen-bond acceptors (Lipinski definition) is 5. The monoisotopic (exact) mass is 420 g/mol. The van der Waals surface area contributed by atoms with Gasteiger partial charge in [-0.25, -0.2) is 4.98 Å². The lowest BCUT2D eigenvalue weighted by Gasteiger charge is -2.38. The first kappa shape index (κ1) is 19.8. The number of amides is 2. The van der Waals surface area contributed by atoms with E-state index in [0.29, 0.717) is 29.7 Å². The number of piperidine rings is 1. The lowest BCUT2D eigenvalue weighted by molar-refractivity contribution is 0.0935. The normalized spacial score (nSPS) is 24.3. The second-order valence-electron chi connectivity index (χ2n) is 8.90. The van der Waals surface area contributed by atoms with Gasteiger partial charge < -0.3 is 20.7 Å². The number of benzene rings is 1. The number of nitrogens with one attached hydrogen (secondary N) is 1. The van der Waals surface area contributed by atoms with E-state index >= 15 is 0 Å². The van der Waals surface area contributed by atoms with Gasteiger partial charge in [0, 0.05) is 42.4 Å². The summed E-state index contributed by atoms with van der Waals surface area (Å²) in [6, 6.07) is 8.04. The molecule has 3 N–H and O–H groups in total. The van der Waals surface area contributed by atoms with Crippen molar-refractivity contribution in [3.8, 4) is 5.75 Å². The van der Waals surface area contributed by atoms with Crippen molar-refractivity contribution in [2.45, 2.75) is 51.1 Å². The van der Waals surface area contributed by atoms with Gasteiger partial charge in [-0.3, -0.25) is 9.59 Å². The first-order chi connectivity index (χ1) is 15.0. The Morgan fingerprint density at radius 1 is 1.23 bits per heavy atom. The van der Waals surface area contributed by atoms with Crippen molar-refractivity contribution in [3.05, 3.63) is 52.7 Å². The summed E-state index contributed by atoms with van der Waals surface area (Å²) in [5, 5.41) is 3.28. The molecule has 7 nitrogen and oxygen atoms in total. The summed E-state index contributed by atoms with van der Waals surface area (Å²) in [5.41, 5.74) is 8.58. The Bertz CT molecular complexity index is 1020. The summed E-state index contributed by atoms with van der Waals surface area (Å²) >= 11 is 0. The molecular weight excluding hydrogens is 392 g/mol. The maximum absolute atomic E-state index is 13.0. The Kier molecular flexibility index (Phi) is 5.04. The number of nitrogens with two attached hydrogens (primary N) is 1. The van der Waals surface area contributed by atoms with Gasteiger partial charge in [0.15, 0.2) is 0 Å². The topological polar surface area (TPSA) is 97.6 Å². The van der Waals surface area contributed by atoms with E-state index < -0.39 is 5.91 Å². The zero-order valence-corrected chi connectivity index (χ0v) is 17.8. The van der Waals surface area contributed by atoms with Gasteiger partial charge in [0.05, 0.1) is 12.2 Å². The van der Waals surface area contributed by atoms with Gasteiger partial charge in [-0.2, -0.15) is 0 Å². The number of primary amides is 1. The van der Waals surface area contributed by atoms with E-state index in [1.54, 1.807) is 12.3 Å². The average molecular weight is 421 g/mol. The van der Waals surface area contributed by atoms with Crippen LogP contribution in [0.2, 0.25) is 0 Å². The minimum Gasteiger partial charge on any atom is -0.493 e. The third kappa shape index (κ3) is 3.62. The van der Waals surface area contributed by atoms with E-state index in [1.165, 1.54) is 12.0 Å². The quantitative estimate of drug-likeness (QED) is 0.792. The molecule has 0 bridgehead atoms. The van der Waals surface area contributed by atoms with E-state index in [1.807, 2.05) is 25.1 Å². The number of anilines is 1. The molecule has 1 saturated carbocycles. The summed E-state index contributed by atoms with van der Waals surface area (Å²) in [5.74, 6) is 1.80. The third-order valence-corrected chi connectivity index (χ3v) is 7.04. The molecule has 3 aliphatic rings. The van der Waals surface area contributed by atoms with Crippen LogP contribution in [0.1, 0.15) is 57.5 Å². The predicted octanol–water partition coefficient (Wildman–Crippen LogP) is 2.60. The summed E-state index contributed by atoms with van der Waals surface area (Å²) < 4.78 is 5.73. The Morgan fingerprint density at radius 3 is 2.87 bits per heavy atom. The van der Waals surface area contributed by atoms with E-state index in [9.17, 15) is 9.59 Å². The highest BCUT2D eigenvalue weighted by atomic mass is 16.5. The molecule has 3 unspecified atom stereocenters. The fraction of sp³-hybridized carbons (Fsp3) is 0.458. The van der Waals surface area contributed by atoms with Crippen molar-refractivity contribution in [1.82, 2.24) is 10.3 Å². The Labute approximate surface area is 182 Å². The maximum atomic E-state index is 13.0. The second-order valence-corrected chi connectivity index (χ2v) is 8.90. The first-order valence-corrected chi connectivity index (χ1v) is 11.1. The molecule has 31 heavy (non-hydrogen) atoms. The van der Waals surface area contributed by atoms with Crippen LogP contribution in [0.3, 0.4) is 0 Å². The van der Waals surface area contributed by atoms with E-state index in [2.05, 4.69) is 15.2 Å². The van der Waals surface area contributed by atoms with E-state index in [4.69, 9.17) is 10.5 Å². The largest absolute Gasteiger partial charge is 0.493 e. The minimum atomic E-state index is -0.466. The lowest BCUT2D eigenvalue weighted by atomic mass is 9.92. The lowest BCUT2D eigenvalue weighted by Crippen LogP contribution is -2.43. The zero-order valence-electron chi connectivity index (χ0n) is 17.8. The van der Waals surface area contributed by atoms with Gasteiger partial charge in [-0.05, 0) is 62.3 Å². The molecule has 2 aliphatic heterocycles. The van der Waals surface area contributed by atoms with Crippen LogP contribution in [-0.4, -0.2) is 42.0 Å². The summed E-state index contributed by atoms with van der Waals surface area (Å²) in [7, 11) is 0. The highest BCUT2D eigenvalue weighted by molar-refractivity contribution is 5.96. The SMILES string of the molecule is Cc1c(C(=O)NC2CC3CCCN(c4ccc(C(N)=O)cn4)C3C2)ccc2c1OCC2. The molecule has 3 atom stereocenters. The first-order valence-electron chi connectivity index (χ1n) is 11.1. The van der Waals surface area contributed by atoms with Crippen LogP contribution in [0.15, 0.2) is 30.5 Å². The van der Waals surface area contributed by atoms with Gasteiger partial charge in [0.2, 0.25) is 5.91 Å². The highest BCUT2D eigenvalue weighted by Crippen LogP contribution is 2.39. The number of aromatic nitrogens is 1. The van der Waals surface area contributed by atoms with Crippen molar-refractivity contribution in [3.63, 3.8) is 0 Å². The van der Waals surface area contributed by atoms with Crippen LogP contribution in [0.4, 0.5) is 5.82 Å². The average Bonchev–Trinajstić information content (AvgIpc) is 3.40. The fourth-order valence-electron chi connectivity index (χ4n) is 5.51. The van der Waals surface area contributed by atoms with Crippen molar-refractivity contribution in [2.75, 3.05) is 18.1 Å². The zero-order chi connectivity index (χ0) is 21.5. The van der Waals surface area contributed by atoms with Crippen molar-refractivity contribution < 1.29 is 14.3 Å². The predicted molar refractivity (Wildman–Crippen MR) is 117 cm³/mol. The molecule has 7 heteroatoms. The molecule has 2 amide bonds. The van der Waals surface area contributed by atoms with Crippen LogP contribution in [0.25, 0.3) is 0 Å². The summed E-state index contributed by atoms with van der Waals surface area (Å²) in [6.07, 6.45) is 6.60. The summed E-state index contributed by atoms with van der Waals surface area (Å²) in [6.45, 7) is 3.60. The smallest absolute Gasteiger partial charge is 0.251 e. The molecule has 162 valence electrons. The van der Waals surface area contributed by atoms with Crippen LogP contribution >= 0.6 is 0 Å². The van der Waals surface area contributed by atoms with Crippen molar-refractivity contribution in [1.29, 1.82) is 0 Å². The van der Waals surface area contributed by atoms with Gasteiger partial charge >= 0.3 is 0 Å². The molecule has 0 spiro atoms. The maximum Gasteiger partial charge on any atom is 0.251 e. The van der Waals surface area contributed by atoms with Gasteiger partial charge in [0.1, 0.15) is 11.6 Å². The molecule has 1 aromatic carbocycles. The van der Waals surface area contributed by atoms with Crippen molar-refractivity contribution >= 4 is 17.6 Å². The van der Waals surface area contributed by atoms with Crippen molar-refractivity contribution in [2.24, 2.45) is 11.7 Å². The molecule has 5 rings (SSSR count).